The lowest BCUT2D eigenvalue weighted by molar-refractivity contribution is -0.139. The molecule has 0 aliphatic heterocycles. The van der Waals surface area contributed by atoms with E-state index in [0.717, 1.165) is 11.3 Å². The van der Waals surface area contributed by atoms with Crippen LogP contribution >= 0.6 is 0 Å². The number of hydrogen-bond acceptors (Lipinski definition) is 3. The van der Waals surface area contributed by atoms with Gasteiger partial charge in [-0.05, 0) is 30.5 Å². The number of urea groups is 1. The van der Waals surface area contributed by atoms with Crippen LogP contribution in [-0.2, 0) is 11.2 Å². The van der Waals surface area contributed by atoms with Crippen LogP contribution in [0.4, 0.5) is 4.79 Å². The molecule has 0 bridgehead atoms. The molecule has 3 N–H and O–H groups in total. The van der Waals surface area contributed by atoms with Crippen molar-refractivity contribution in [1.29, 1.82) is 0 Å². The van der Waals surface area contributed by atoms with E-state index >= 15 is 0 Å². The molecule has 0 fully saturated rings. The van der Waals surface area contributed by atoms with Gasteiger partial charge < -0.3 is 20.5 Å². The van der Waals surface area contributed by atoms with Gasteiger partial charge >= 0.3 is 12.0 Å². The summed E-state index contributed by atoms with van der Waals surface area (Å²) in [4.78, 5) is 22.6. The summed E-state index contributed by atoms with van der Waals surface area (Å²) in [5, 5.41) is 14.1. The van der Waals surface area contributed by atoms with Gasteiger partial charge in [-0.1, -0.05) is 25.5 Å². The van der Waals surface area contributed by atoms with E-state index in [1.165, 1.54) is 0 Å². The highest BCUT2D eigenvalue weighted by Gasteiger charge is 2.18. The lowest BCUT2D eigenvalue weighted by atomic mass is 10.1. The van der Waals surface area contributed by atoms with E-state index in [1.54, 1.807) is 7.11 Å². The third-order valence-electron chi connectivity index (χ3n) is 3.01. The number of rotatable bonds is 8. The second kappa shape index (κ2) is 8.84. The average molecular weight is 294 g/mol. The zero-order valence-electron chi connectivity index (χ0n) is 12.4. The Morgan fingerprint density at radius 1 is 1.38 bits per heavy atom. The molecular formula is C15H22N2O4. The Morgan fingerprint density at radius 2 is 2.14 bits per heavy atom. The van der Waals surface area contributed by atoms with Crippen LogP contribution in [0.2, 0.25) is 0 Å². The van der Waals surface area contributed by atoms with Gasteiger partial charge in [0, 0.05) is 6.54 Å². The number of carbonyl (C=O) groups excluding carboxylic acids is 1. The summed E-state index contributed by atoms with van der Waals surface area (Å²) in [6.45, 7) is 2.30. The van der Waals surface area contributed by atoms with Gasteiger partial charge in [-0.2, -0.15) is 0 Å². The van der Waals surface area contributed by atoms with Crippen LogP contribution in [0.5, 0.6) is 5.75 Å². The van der Waals surface area contributed by atoms with Gasteiger partial charge in [-0.25, -0.2) is 9.59 Å². The molecule has 0 radical (unpaired) electrons. The standard InChI is InChI=1S/C15H22N2O4/c1-3-5-13(14(18)19)17-15(20)16-9-8-11-6-4-7-12(10-11)21-2/h4,6-7,10,13H,3,5,8-9H2,1-2H3,(H,18,19)(H2,16,17,20)/t13-/m0/s1. The zero-order valence-corrected chi connectivity index (χ0v) is 12.4. The van der Waals surface area contributed by atoms with Gasteiger partial charge in [0.15, 0.2) is 0 Å². The normalized spacial score (nSPS) is 11.5. The van der Waals surface area contributed by atoms with E-state index in [1.807, 2.05) is 31.2 Å². The van der Waals surface area contributed by atoms with Crippen molar-refractivity contribution in [2.24, 2.45) is 0 Å². The summed E-state index contributed by atoms with van der Waals surface area (Å²) in [6.07, 6.45) is 1.76. The molecule has 116 valence electrons. The molecule has 1 aromatic rings. The maximum Gasteiger partial charge on any atom is 0.326 e. The minimum atomic E-state index is -1.01. The summed E-state index contributed by atoms with van der Waals surface area (Å²) in [5.41, 5.74) is 1.04. The number of ether oxygens (including phenoxy) is 1. The minimum absolute atomic E-state index is 0.415. The van der Waals surface area contributed by atoms with Crippen LogP contribution in [0.15, 0.2) is 24.3 Å². The Hall–Kier alpha value is -2.24. The summed E-state index contributed by atoms with van der Waals surface area (Å²) in [6, 6.07) is 6.28. The van der Waals surface area contributed by atoms with E-state index in [4.69, 9.17) is 9.84 Å². The fraction of sp³-hybridized carbons (Fsp3) is 0.467. The third kappa shape index (κ3) is 6.16. The van der Waals surface area contributed by atoms with Crippen LogP contribution in [0.25, 0.3) is 0 Å². The molecule has 2 amide bonds. The van der Waals surface area contributed by atoms with Crippen molar-refractivity contribution in [1.82, 2.24) is 10.6 Å². The highest BCUT2D eigenvalue weighted by atomic mass is 16.5. The second-order valence-corrected chi connectivity index (χ2v) is 4.68. The summed E-state index contributed by atoms with van der Waals surface area (Å²) >= 11 is 0. The quantitative estimate of drug-likeness (QED) is 0.682. The van der Waals surface area contributed by atoms with Crippen LogP contribution in [0.1, 0.15) is 25.3 Å². The predicted octanol–water partition coefficient (Wildman–Crippen LogP) is 1.79. The Bertz CT molecular complexity index is 476. The first-order valence-electron chi connectivity index (χ1n) is 6.97. The molecule has 0 aliphatic carbocycles. The summed E-state index contributed by atoms with van der Waals surface area (Å²) < 4.78 is 5.12. The Balaban J connectivity index is 2.37. The van der Waals surface area contributed by atoms with Crippen LogP contribution in [0.3, 0.4) is 0 Å². The first-order valence-corrected chi connectivity index (χ1v) is 6.97. The molecule has 1 atom stereocenters. The summed E-state index contributed by atoms with van der Waals surface area (Å²) in [5.74, 6) is -0.245. The number of carboxylic acid groups (broad SMARTS) is 1. The fourth-order valence-corrected chi connectivity index (χ4v) is 1.90. The molecule has 0 spiro atoms. The first-order chi connectivity index (χ1) is 10.1. The molecular weight excluding hydrogens is 272 g/mol. The molecule has 0 heterocycles. The van der Waals surface area contributed by atoms with Crippen molar-refractivity contribution in [2.45, 2.75) is 32.2 Å². The van der Waals surface area contributed by atoms with Crippen molar-refractivity contribution in [3.63, 3.8) is 0 Å². The van der Waals surface area contributed by atoms with Crippen LogP contribution in [0, 0.1) is 0 Å². The van der Waals surface area contributed by atoms with E-state index in [0.29, 0.717) is 25.8 Å². The van der Waals surface area contributed by atoms with Gasteiger partial charge in [0.25, 0.3) is 0 Å². The first kappa shape index (κ1) is 16.8. The molecule has 0 saturated carbocycles. The maximum atomic E-state index is 11.6. The molecule has 0 saturated heterocycles. The van der Waals surface area contributed by atoms with Gasteiger partial charge in [0.1, 0.15) is 11.8 Å². The van der Waals surface area contributed by atoms with Crippen molar-refractivity contribution in [3.8, 4) is 5.75 Å². The van der Waals surface area contributed by atoms with E-state index in [2.05, 4.69) is 10.6 Å². The number of carboxylic acids is 1. The Morgan fingerprint density at radius 3 is 2.76 bits per heavy atom. The maximum absolute atomic E-state index is 11.6. The third-order valence-corrected chi connectivity index (χ3v) is 3.01. The monoisotopic (exact) mass is 294 g/mol. The second-order valence-electron chi connectivity index (χ2n) is 4.68. The number of aliphatic carboxylic acids is 1. The Kier molecular flexibility index (Phi) is 7.08. The zero-order chi connectivity index (χ0) is 15.7. The summed E-state index contributed by atoms with van der Waals surface area (Å²) in [7, 11) is 1.60. The number of hydrogen-bond donors (Lipinski definition) is 3. The SMILES string of the molecule is CCC[C@H](NC(=O)NCCc1cccc(OC)c1)C(=O)O. The predicted molar refractivity (Wildman–Crippen MR) is 79.6 cm³/mol. The number of nitrogens with one attached hydrogen (secondary N) is 2. The molecule has 21 heavy (non-hydrogen) atoms. The lowest BCUT2D eigenvalue weighted by Gasteiger charge is -2.14. The highest BCUT2D eigenvalue weighted by Crippen LogP contribution is 2.12. The number of benzene rings is 1. The van der Waals surface area contributed by atoms with E-state index in [-0.39, 0.29) is 0 Å². The highest BCUT2D eigenvalue weighted by molar-refractivity contribution is 5.82. The molecule has 1 aromatic carbocycles. The van der Waals surface area contributed by atoms with Crippen molar-refractivity contribution in [2.75, 3.05) is 13.7 Å². The average Bonchev–Trinajstić information content (AvgIpc) is 2.47. The number of carbonyl (C=O) groups is 2. The minimum Gasteiger partial charge on any atom is -0.497 e. The topological polar surface area (TPSA) is 87.7 Å². The smallest absolute Gasteiger partial charge is 0.326 e. The molecule has 0 aliphatic rings. The molecule has 6 nitrogen and oxygen atoms in total. The molecule has 0 aromatic heterocycles. The lowest BCUT2D eigenvalue weighted by Crippen LogP contribution is -2.46. The Labute approximate surface area is 124 Å². The van der Waals surface area contributed by atoms with Crippen LogP contribution < -0.4 is 15.4 Å². The molecule has 1 rings (SSSR count). The van der Waals surface area contributed by atoms with Crippen molar-refractivity contribution in [3.05, 3.63) is 29.8 Å². The van der Waals surface area contributed by atoms with Crippen molar-refractivity contribution < 1.29 is 19.4 Å². The van der Waals surface area contributed by atoms with E-state index < -0.39 is 18.0 Å². The van der Waals surface area contributed by atoms with Gasteiger partial charge in [0.2, 0.25) is 0 Å². The molecule has 0 unspecified atom stereocenters. The van der Waals surface area contributed by atoms with Crippen LogP contribution in [-0.4, -0.2) is 36.8 Å². The largest absolute Gasteiger partial charge is 0.497 e. The van der Waals surface area contributed by atoms with Gasteiger partial charge in [-0.3, -0.25) is 0 Å². The molecule has 6 heteroatoms. The van der Waals surface area contributed by atoms with Gasteiger partial charge in [0.05, 0.1) is 7.11 Å². The number of methoxy groups -OCH3 is 1. The fourth-order valence-electron chi connectivity index (χ4n) is 1.90. The van der Waals surface area contributed by atoms with Gasteiger partial charge in [-0.15, -0.1) is 0 Å². The number of amides is 2. The van der Waals surface area contributed by atoms with Crippen molar-refractivity contribution >= 4 is 12.0 Å². The van der Waals surface area contributed by atoms with E-state index in [9.17, 15) is 9.59 Å².